The molecule has 28 heavy (non-hydrogen) atoms. The molecule has 1 heterocycles. The molecule has 1 aromatic heterocycles. The maximum absolute atomic E-state index is 12.3. The van der Waals surface area contributed by atoms with Crippen molar-refractivity contribution in [2.45, 2.75) is 0 Å². The number of halogens is 2. The lowest BCUT2D eigenvalue weighted by Crippen LogP contribution is -2.11. The SMILES string of the molecule is NC(=S)N=Nc1cc(Nc2ccc(Cl)cc2)c(Nc2ccc(Cl)cc2)[nH]c1=O. The van der Waals surface area contributed by atoms with E-state index in [0.717, 1.165) is 11.4 Å². The maximum Gasteiger partial charge on any atom is 0.277 e. The summed E-state index contributed by atoms with van der Waals surface area (Å²) in [6.07, 6.45) is 0. The summed E-state index contributed by atoms with van der Waals surface area (Å²) in [6, 6.07) is 15.7. The summed E-state index contributed by atoms with van der Waals surface area (Å²) >= 11 is 16.5. The van der Waals surface area contributed by atoms with Crippen LogP contribution in [0.25, 0.3) is 0 Å². The number of azo groups is 1. The van der Waals surface area contributed by atoms with Crippen molar-refractivity contribution < 1.29 is 0 Å². The highest BCUT2D eigenvalue weighted by Gasteiger charge is 2.10. The lowest BCUT2D eigenvalue weighted by Gasteiger charge is -2.14. The summed E-state index contributed by atoms with van der Waals surface area (Å²) in [4.78, 5) is 15.1. The van der Waals surface area contributed by atoms with Crippen LogP contribution in [0.15, 0.2) is 69.6 Å². The topological polar surface area (TPSA) is 108 Å². The molecule has 0 saturated carbocycles. The van der Waals surface area contributed by atoms with Crippen LogP contribution in [-0.4, -0.2) is 10.1 Å². The summed E-state index contributed by atoms with van der Waals surface area (Å²) < 4.78 is 0. The van der Waals surface area contributed by atoms with Crippen LogP contribution in [0.4, 0.5) is 28.6 Å². The first-order valence-electron chi connectivity index (χ1n) is 7.94. The quantitative estimate of drug-likeness (QED) is 0.314. The first kappa shape index (κ1) is 19.8. The molecule has 0 spiro atoms. The van der Waals surface area contributed by atoms with Gasteiger partial charge in [-0.1, -0.05) is 23.2 Å². The van der Waals surface area contributed by atoms with Gasteiger partial charge in [-0.25, -0.2) is 0 Å². The zero-order chi connectivity index (χ0) is 20.1. The van der Waals surface area contributed by atoms with E-state index >= 15 is 0 Å². The normalized spacial score (nSPS) is 10.8. The van der Waals surface area contributed by atoms with Crippen molar-refractivity contribution in [2.75, 3.05) is 10.6 Å². The third-order valence-electron chi connectivity index (χ3n) is 3.51. The second-order valence-electron chi connectivity index (χ2n) is 5.57. The Morgan fingerprint density at radius 2 is 1.50 bits per heavy atom. The first-order valence-corrected chi connectivity index (χ1v) is 9.11. The molecular formula is C18H14Cl2N6OS. The van der Waals surface area contributed by atoms with Crippen molar-refractivity contribution in [2.24, 2.45) is 16.0 Å². The van der Waals surface area contributed by atoms with Crippen LogP contribution >= 0.6 is 35.4 Å². The third-order valence-corrected chi connectivity index (χ3v) is 4.10. The van der Waals surface area contributed by atoms with Gasteiger partial charge < -0.3 is 21.4 Å². The minimum Gasteiger partial charge on any atom is -0.373 e. The Balaban J connectivity index is 2.01. The molecule has 0 fully saturated rings. The molecule has 142 valence electrons. The number of thiocarbonyl (C=S) groups is 1. The van der Waals surface area contributed by atoms with Crippen LogP contribution in [0, 0.1) is 0 Å². The van der Waals surface area contributed by atoms with Crippen molar-refractivity contribution in [1.29, 1.82) is 0 Å². The van der Waals surface area contributed by atoms with Crippen LogP contribution in [-0.2, 0) is 0 Å². The van der Waals surface area contributed by atoms with E-state index in [2.05, 4.69) is 38.1 Å². The highest BCUT2D eigenvalue weighted by molar-refractivity contribution is 7.80. The largest absolute Gasteiger partial charge is 0.373 e. The number of nitrogens with two attached hydrogens (primary N) is 1. The lowest BCUT2D eigenvalue weighted by atomic mass is 10.2. The van der Waals surface area contributed by atoms with Crippen molar-refractivity contribution in [3.8, 4) is 0 Å². The van der Waals surface area contributed by atoms with Gasteiger partial charge in [-0.05, 0) is 66.8 Å². The number of pyridine rings is 1. The molecule has 0 unspecified atom stereocenters. The van der Waals surface area contributed by atoms with Gasteiger partial charge in [-0.3, -0.25) is 4.79 Å². The van der Waals surface area contributed by atoms with E-state index in [0.29, 0.717) is 21.6 Å². The second-order valence-corrected chi connectivity index (χ2v) is 6.87. The van der Waals surface area contributed by atoms with E-state index in [9.17, 15) is 4.79 Å². The number of anilines is 4. The molecule has 2 aromatic carbocycles. The Labute approximate surface area is 175 Å². The summed E-state index contributed by atoms with van der Waals surface area (Å²) in [5.74, 6) is 0.427. The maximum atomic E-state index is 12.3. The van der Waals surface area contributed by atoms with Crippen molar-refractivity contribution in [3.05, 3.63) is 75.0 Å². The number of aromatic nitrogens is 1. The number of nitrogens with zero attached hydrogens (tertiary/aromatic N) is 2. The number of hydrogen-bond donors (Lipinski definition) is 4. The number of aromatic amines is 1. The van der Waals surface area contributed by atoms with Crippen LogP contribution in [0.2, 0.25) is 10.0 Å². The number of H-pyrrole nitrogens is 1. The Morgan fingerprint density at radius 1 is 0.964 bits per heavy atom. The summed E-state index contributed by atoms with van der Waals surface area (Å²) in [6.45, 7) is 0. The van der Waals surface area contributed by atoms with Gasteiger partial charge in [0.1, 0.15) is 5.82 Å². The van der Waals surface area contributed by atoms with Crippen molar-refractivity contribution in [1.82, 2.24) is 4.98 Å². The third kappa shape index (κ3) is 5.29. The highest BCUT2D eigenvalue weighted by atomic mass is 35.5. The van der Waals surface area contributed by atoms with Crippen LogP contribution in [0.1, 0.15) is 0 Å². The van der Waals surface area contributed by atoms with Gasteiger partial charge in [0.25, 0.3) is 5.56 Å². The standard InChI is InChI=1S/C18H14Cl2N6OS/c19-10-1-5-12(6-2-10)22-14-9-15(25-26-18(21)28)17(27)24-16(14)23-13-7-3-11(20)4-8-13/h1-9,22H,(H2,21,28)(H2,23,24,27). The van der Waals surface area contributed by atoms with Gasteiger partial charge in [-0.15, -0.1) is 10.2 Å². The summed E-state index contributed by atoms with van der Waals surface area (Å²) in [5.41, 5.74) is 6.95. The van der Waals surface area contributed by atoms with E-state index in [1.807, 2.05) is 0 Å². The second kappa shape index (κ2) is 8.83. The van der Waals surface area contributed by atoms with E-state index in [4.69, 9.17) is 28.9 Å². The molecule has 7 nitrogen and oxygen atoms in total. The average Bonchev–Trinajstić information content (AvgIpc) is 2.66. The predicted octanol–water partition coefficient (Wildman–Crippen LogP) is 5.50. The van der Waals surface area contributed by atoms with E-state index < -0.39 is 5.56 Å². The molecule has 0 aliphatic heterocycles. The van der Waals surface area contributed by atoms with E-state index in [1.54, 1.807) is 48.5 Å². The van der Waals surface area contributed by atoms with Gasteiger partial charge in [0.2, 0.25) is 5.11 Å². The van der Waals surface area contributed by atoms with E-state index in [1.165, 1.54) is 6.07 Å². The summed E-state index contributed by atoms with van der Waals surface area (Å²) in [5, 5.41) is 14.7. The lowest BCUT2D eigenvalue weighted by molar-refractivity contribution is 1.17. The van der Waals surface area contributed by atoms with Gasteiger partial charge in [-0.2, -0.15) is 0 Å². The Morgan fingerprint density at radius 3 is 2.04 bits per heavy atom. The molecular weight excluding hydrogens is 419 g/mol. The predicted molar refractivity (Wildman–Crippen MR) is 118 cm³/mol. The fourth-order valence-corrected chi connectivity index (χ4v) is 2.55. The number of nitrogens with one attached hydrogen (secondary N) is 3. The molecule has 0 aliphatic carbocycles. The Hall–Kier alpha value is -2.94. The zero-order valence-corrected chi connectivity index (χ0v) is 16.6. The average molecular weight is 433 g/mol. The van der Waals surface area contributed by atoms with Crippen LogP contribution in [0.3, 0.4) is 0 Å². The van der Waals surface area contributed by atoms with Crippen molar-refractivity contribution in [3.63, 3.8) is 0 Å². The fourth-order valence-electron chi connectivity index (χ4n) is 2.26. The Kier molecular flexibility index (Phi) is 6.25. The van der Waals surface area contributed by atoms with E-state index in [-0.39, 0.29) is 10.8 Å². The Bertz CT molecular complexity index is 1080. The fraction of sp³-hybridized carbons (Fsp3) is 0. The van der Waals surface area contributed by atoms with Gasteiger partial charge >= 0.3 is 0 Å². The molecule has 0 saturated heterocycles. The molecule has 0 bridgehead atoms. The molecule has 3 rings (SSSR count). The molecule has 0 atom stereocenters. The van der Waals surface area contributed by atoms with Crippen molar-refractivity contribution >= 4 is 69.1 Å². The first-order chi connectivity index (χ1) is 13.4. The smallest absolute Gasteiger partial charge is 0.277 e. The molecule has 5 N–H and O–H groups in total. The molecule has 0 aliphatic rings. The van der Waals surface area contributed by atoms with Gasteiger partial charge in [0, 0.05) is 21.4 Å². The van der Waals surface area contributed by atoms with Gasteiger partial charge in [0.15, 0.2) is 5.69 Å². The molecule has 3 aromatic rings. The minimum absolute atomic E-state index is 0.0471. The minimum atomic E-state index is -0.460. The van der Waals surface area contributed by atoms with Crippen LogP contribution < -0.4 is 21.9 Å². The summed E-state index contributed by atoms with van der Waals surface area (Å²) in [7, 11) is 0. The zero-order valence-electron chi connectivity index (χ0n) is 14.2. The molecule has 10 heteroatoms. The molecule has 0 amide bonds. The monoisotopic (exact) mass is 432 g/mol. The number of benzene rings is 2. The molecule has 0 radical (unpaired) electrons. The number of hydrogen-bond acceptors (Lipinski definition) is 5. The highest BCUT2D eigenvalue weighted by Crippen LogP contribution is 2.29. The van der Waals surface area contributed by atoms with Crippen LogP contribution in [0.5, 0.6) is 0 Å². The number of rotatable bonds is 5. The van der Waals surface area contributed by atoms with Gasteiger partial charge in [0.05, 0.1) is 5.69 Å².